The molecule has 3 rings (SSSR count). The van der Waals surface area contributed by atoms with Gasteiger partial charge < -0.3 is 10.3 Å². The predicted molar refractivity (Wildman–Crippen MR) is 97.2 cm³/mol. The zero-order valence-electron chi connectivity index (χ0n) is 14.7. The van der Waals surface area contributed by atoms with Crippen LogP contribution in [0.4, 0.5) is 5.82 Å². The molecule has 0 saturated heterocycles. The van der Waals surface area contributed by atoms with E-state index in [1.54, 1.807) is 13.1 Å². The lowest BCUT2D eigenvalue weighted by molar-refractivity contribution is 0.502. The summed E-state index contributed by atoms with van der Waals surface area (Å²) < 4.78 is 0. The minimum atomic E-state index is -0.0905. The topological polar surface area (TPSA) is 70.7 Å². The van der Waals surface area contributed by atoms with Crippen LogP contribution in [0, 0.1) is 19.8 Å². The van der Waals surface area contributed by atoms with Crippen LogP contribution in [0.1, 0.15) is 50.3 Å². The molecule has 2 aromatic heterocycles. The lowest BCUT2D eigenvalue weighted by Gasteiger charge is -2.17. The Morgan fingerprint density at radius 3 is 2.71 bits per heavy atom. The molecule has 128 valence electrons. The van der Waals surface area contributed by atoms with E-state index in [9.17, 15) is 4.79 Å². The van der Waals surface area contributed by atoms with Crippen LogP contribution in [-0.2, 0) is 0 Å². The number of H-pyrrole nitrogens is 1. The lowest BCUT2D eigenvalue weighted by Crippen LogP contribution is -2.19. The Morgan fingerprint density at radius 1 is 1.17 bits per heavy atom. The van der Waals surface area contributed by atoms with Crippen molar-refractivity contribution in [2.75, 3.05) is 5.32 Å². The van der Waals surface area contributed by atoms with E-state index >= 15 is 0 Å². The van der Waals surface area contributed by atoms with Crippen molar-refractivity contribution in [3.05, 3.63) is 39.9 Å². The number of hydrogen-bond acceptors (Lipinski definition) is 4. The van der Waals surface area contributed by atoms with Gasteiger partial charge in [-0.2, -0.15) is 0 Å². The highest BCUT2D eigenvalue weighted by molar-refractivity contribution is 5.56. The van der Waals surface area contributed by atoms with Gasteiger partial charge in [0.1, 0.15) is 11.6 Å². The van der Waals surface area contributed by atoms with E-state index in [2.05, 4.69) is 27.2 Å². The first-order chi connectivity index (χ1) is 11.5. The number of pyridine rings is 1. The van der Waals surface area contributed by atoms with Gasteiger partial charge >= 0.3 is 0 Å². The summed E-state index contributed by atoms with van der Waals surface area (Å²) >= 11 is 0. The maximum atomic E-state index is 11.9. The van der Waals surface area contributed by atoms with E-state index in [0.717, 1.165) is 23.0 Å². The molecule has 2 heterocycles. The summed E-state index contributed by atoms with van der Waals surface area (Å²) in [4.78, 5) is 23.7. The van der Waals surface area contributed by atoms with Crippen molar-refractivity contribution >= 4 is 5.82 Å². The molecule has 0 spiro atoms. The van der Waals surface area contributed by atoms with Crippen LogP contribution < -0.4 is 10.9 Å². The van der Waals surface area contributed by atoms with Crippen LogP contribution in [0.2, 0.25) is 0 Å². The summed E-state index contributed by atoms with van der Waals surface area (Å²) in [6, 6.07) is 4.44. The normalized spacial score (nSPS) is 21.3. The molecular weight excluding hydrogens is 300 g/mol. The van der Waals surface area contributed by atoms with E-state index < -0.39 is 0 Å². The molecule has 2 unspecified atom stereocenters. The van der Waals surface area contributed by atoms with Crippen LogP contribution in [-0.4, -0.2) is 21.0 Å². The van der Waals surface area contributed by atoms with Gasteiger partial charge in [-0.05, 0) is 51.2 Å². The first kappa shape index (κ1) is 16.7. The molecule has 1 fully saturated rings. The summed E-state index contributed by atoms with van der Waals surface area (Å²) in [6.45, 7) is 5.97. The second-order valence-electron chi connectivity index (χ2n) is 7.01. The van der Waals surface area contributed by atoms with Gasteiger partial charge in [0.15, 0.2) is 0 Å². The van der Waals surface area contributed by atoms with Crippen molar-refractivity contribution in [2.45, 2.75) is 58.9 Å². The standard InChI is InChI=1S/C19H26N4O/c1-12-5-4-6-16(9-7-12)22-17-10-8-15(11-20-17)18-21-14(3)13(2)19(24)23-18/h8,10-12,16H,4-7,9H2,1-3H3,(H,20,22)(H,21,23,24). The smallest absolute Gasteiger partial charge is 0.254 e. The van der Waals surface area contributed by atoms with Gasteiger partial charge in [-0.3, -0.25) is 4.79 Å². The number of nitrogens with one attached hydrogen (secondary N) is 2. The predicted octanol–water partition coefficient (Wildman–Crippen LogP) is 3.83. The minimum absolute atomic E-state index is 0.0905. The Bertz CT molecular complexity index is 751. The van der Waals surface area contributed by atoms with Crippen molar-refractivity contribution in [3.63, 3.8) is 0 Å². The van der Waals surface area contributed by atoms with E-state index in [-0.39, 0.29) is 5.56 Å². The van der Waals surface area contributed by atoms with E-state index in [1.807, 2.05) is 19.1 Å². The van der Waals surface area contributed by atoms with Gasteiger partial charge in [-0.25, -0.2) is 9.97 Å². The number of aromatic nitrogens is 3. The summed E-state index contributed by atoms with van der Waals surface area (Å²) in [5.41, 5.74) is 2.15. The molecule has 5 heteroatoms. The minimum Gasteiger partial charge on any atom is -0.367 e. The van der Waals surface area contributed by atoms with E-state index in [4.69, 9.17) is 0 Å². The Hall–Kier alpha value is -2.17. The third-order valence-corrected chi connectivity index (χ3v) is 5.04. The Labute approximate surface area is 143 Å². The van der Waals surface area contributed by atoms with E-state index in [0.29, 0.717) is 17.4 Å². The molecule has 2 aromatic rings. The van der Waals surface area contributed by atoms with Crippen LogP contribution in [0.25, 0.3) is 11.4 Å². The van der Waals surface area contributed by atoms with Crippen LogP contribution in [0.3, 0.4) is 0 Å². The molecule has 0 aliphatic heterocycles. The molecule has 1 aliphatic carbocycles. The molecule has 0 aromatic carbocycles. The van der Waals surface area contributed by atoms with Gasteiger partial charge in [0.05, 0.1) is 0 Å². The molecular formula is C19H26N4O. The molecule has 2 atom stereocenters. The van der Waals surface area contributed by atoms with Gasteiger partial charge in [-0.15, -0.1) is 0 Å². The SMILES string of the molecule is Cc1nc(-c2ccc(NC3CCCC(C)CC3)nc2)[nH]c(=O)c1C. The summed E-state index contributed by atoms with van der Waals surface area (Å²) in [6.07, 6.45) is 8.08. The number of rotatable bonds is 3. The highest BCUT2D eigenvalue weighted by Gasteiger charge is 2.16. The Morgan fingerprint density at radius 2 is 2.00 bits per heavy atom. The molecule has 0 radical (unpaired) electrons. The summed E-state index contributed by atoms with van der Waals surface area (Å²) in [7, 11) is 0. The van der Waals surface area contributed by atoms with Crippen molar-refractivity contribution < 1.29 is 0 Å². The number of nitrogens with zero attached hydrogens (tertiary/aromatic N) is 2. The third-order valence-electron chi connectivity index (χ3n) is 5.04. The maximum absolute atomic E-state index is 11.9. The largest absolute Gasteiger partial charge is 0.367 e. The van der Waals surface area contributed by atoms with Gasteiger partial charge in [0.2, 0.25) is 0 Å². The van der Waals surface area contributed by atoms with Gasteiger partial charge in [-0.1, -0.05) is 19.8 Å². The molecule has 5 nitrogen and oxygen atoms in total. The number of hydrogen-bond donors (Lipinski definition) is 2. The Kier molecular flexibility index (Phi) is 4.97. The third kappa shape index (κ3) is 3.83. The zero-order chi connectivity index (χ0) is 17.1. The first-order valence-electron chi connectivity index (χ1n) is 8.83. The lowest BCUT2D eigenvalue weighted by atomic mass is 10.0. The highest BCUT2D eigenvalue weighted by atomic mass is 16.1. The first-order valence-corrected chi connectivity index (χ1v) is 8.83. The molecule has 0 amide bonds. The second-order valence-corrected chi connectivity index (χ2v) is 7.01. The molecule has 24 heavy (non-hydrogen) atoms. The van der Waals surface area contributed by atoms with Crippen LogP contribution in [0.5, 0.6) is 0 Å². The highest BCUT2D eigenvalue weighted by Crippen LogP contribution is 2.25. The van der Waals surface area contributed by atoms with Crippen LogP contribution in [0.15, 0.2) is 23.1 Å². The number of aromatic amines is 1. The average molecular weight is 326 g/mol. The van der Waals surface area contributed by atoms with Crippen molar-refractivity contribution in [2.24, 2.45) is 5.92 Å². The number of anilines is 1. The molecule has 2 N–H and O–H groups in total. The monoisotopic (exact) mass is 326 g/mol. The van der Waals surface area contributed by atoms with Gasteiger partial charge in [0.25, 0.3) is 5.56 Å². The fraction of sp³-hybridized carbons (Fsp3) is 0.526. The summed E-state index contributed by atoms with van der Waals surface area (Å²) in [5, 5.41) is 3.55. The maximum Gasteiger partial charge on any atom is 0.254 e. The van der Waals surface area contributed by atoms with Crippen molar-refractivity contribution in [3.8, 4) is 11.4 Å². The number of aryl methyl sites for hydroxylation is 1. The van der Waals surface area contributed by atoms with Crippen molar-refractivity contribution in [1.82, 2.24) is 15.0 Å². The average Bonchev–Trinajstić information content (AvgIpc) is 2.77. The van der Waals surface area contributed by atoms with Crippen LogP contribution >= 0.6 is 0 Å². The van der Waals surface area contributed by atoms with Gasteiger partial charge in [0, 0.05) is 29.1 Å². The quantitative estimate of drug-likeness (QED) is 0.841. The fourth-order valence-electron chi connectivity index (χ4n) is 3.24. The molecule has 1 aliphatic rings. The zero-order valence-corrected chi connectivity index (χ0v) is 14.7. The molecule has 1 saturated carbocycles. The van der Waals surface area contributed by atoms with E-state index in [1.165, 1.54) is 32.1 Å². The summed E-state index contributed by atoms with van der Waals surface area (Å²) in [5.74, 6) is 2.30. The Balaban J connectivity index is 1.72. The molecule has 0 bridgehead atoms. The second kappa shape index (κ2) is 7.16. The van der Waals surface area contributed by atoms with Crippen molar-refractivity contribution in [1.29, 1.82) is 0 Å². The fourth-order valence-corrected chi connectivity index (χ4v) is 3.24.